The maximum Gasteiger partial charge on any atom is 1.00 e. The molecule has 0 N–H and O–H groups in total. The van der Waals surface area contributed by atoms with Gasteiger partial charge in [0.2, 0.25) is 0 Å². The van der Waals surface area contributed by atoms with Crippen LogP contribution in [0.4, 0.5) is 0 Å². The summed E-state index contributed by atoms with van der Waals surface area (Å²) < 4.78 is 4.46. The van der Waals surface area contributed by atoms with Gasteiger partial charge in [-0.05, 0) is 13.3 Å². The first-order valence-electron chi connectivity index (χ1n) is 3.02. The third kappa shape index (κ3) is 13.5. The molecule has 0 amide bonds. The quantitative estimate of drug-likeness (QED) is 0.327. The average molecular weight is 191 g/mol. The minimum Gasteiger partial charge on any atom is -0.550 e. The molecule has 0 aromatic heterocycles. The van der Waals surface area contributed by atoms with Crippen molar-refractivity contribution in [2.75, 3.05) is 6.61 Å². The van der Waals surface area contributed by atoms with Crippen LogP contribution in [0.2, 0.25) is 0 Å². The van der Waals surface area contributed by atoms with Crippen molar-refractivity contribution in [3.63, 3.8) is 0 Å². The van der Waals surface area contributed by atoms with Gasteiger partial charge < -0.3 is 14.6 Å². The zero-order valence-corrected chi connectivity index (χ0v) is 11.8. The number of carbonyl (C=O) groups is 2. The van der Waals surface area contributed by atoms with Crippen molar-refractivity contribution in [3.8, 4) is 0 Å². The molecule has 6 heteroatoms. The molecular weight excluding hydrogens is 182 g/mol. The number of ether oxygens (including phenoxy) is 1. The molecule has 0 aromatic carbocycles. The van der Waals surface area contributed by atoms with Gasteiger partial charge in [0, 0.05) is 5.97 Å². The molecule has 0 aliphatic heterocycles. The summed E-state index contributed by atoms with van der Waals surface area (Å²) in [4.78, 5) is 20.2. The van der Waals surface area contributed by atoms with E-state index >= 15 is 0 Å². The number of hydrogen-bond acceptors (Lipinski definition) is 4. The first kappa shape index (κ1) is 18.7. The number of carbonyl (C=O) groups excluding carboxylic acids is 2. The first-order valence-corrected chi connectivity index (χ1v) is 3.02. The monoisotopic (exact) mass is 191 g/mol. The van der Waals surface area contributed by atoms with Crippen LogP contribution in [0, 0.1) is 0 Å². The van der Waals surface area contributed by atoms with E-state index in [1.807, 2.05) is 0 Å². The van der Waals surface area contributed by atoms with Crippen LogP contribution in [0.15, 0.2) is 0 Å². The van der Waals surface area contributed by atoms with E-state index in [1.54, 1.807) is 6.92 Å². The molecule has 0 unspecified atom stereocenters. The van der Waals surface area contributed by atoms with Crippen LogP contribution in [0.1, 0.15) is 19.8 Å². The van der Waals surface area contributed by atoms with Gasteiger partial charge in [0.25, 0.3) is 0 Å². The summed E-state index contributed by atoms with van der Waals surface area (Å²) in [6, 6.07) is 0. The molecule has 0 radical (unpaired) electrons. The van der Waals surface area contributed by atoms with Crippen LogP contribution in [-0.2, 0) is 14.3 Å². The van der Waals surface area contributed by atoms with Crippen LogP contribution in [0.25, 0.3) is 0 Å². The van der Waals surface area contributed by atoms with Gasteiger partial charge in [0.15, 0.2) is 0 Å². The molecule has 0 atom stereocenters. The van der Waals surface area contributed by atoms with E-state index < -0.39 is 11.9 Å². The second-order valence-electron chi connectivity index (χ2n) is 1.68. The standard InChI is InChI=1S/C6H10O4.2Na/c1-2-10-6(9)4-3-5(7)8;;/h2-4H2,1H3,(H,7,8);;/q;2*+1/p-1. The Bertz CT molecular complexity index is 138. The second kappa shape index (κ2) is 11.9. The molecule has 0 aliphatic carbocycles. The number of aliphatic carboxylic acids is 1. The van der Waals surface area contributed by atoms with E-state index in [2.05, 4.69) is 4.74 Å². The topological polar surface area (TPSA) is 66.4 Å². The van der Waals surface area contributed by atoms with Gasteiger partial charge in [0.05, 0.1) is 13.0 Å². The fraction of sp³-hybridized carbons (Fsp3) is 0.667. The second-order valence-corrected chi connectivity index (χ2v) is 1.68. The maximum atomic E-state index is 10.4. The zero-order valence-electron chi connectivity index (χ0n) is 7.75. The molecule has 0 aromatic rings. The molecular formula is C6H9Na2O4+. The van der Waals surface area contributed by atoms with Crippen LogP contribution in [0.3, 0.4) is 0 Å². The predicted octanol–water partition coefficient (Wildman–Crippen LogP) is -6.91. The number of rotatable bonds is 4. The third-order valence-electron chi connectivity index (χ3n) is 0.839. The van der Waals surface area contributed by atoms with E-state index in [4.69, 9.17) is 0 Å². The number of esters is 1. The van der Waals surface area contributed by atoms with Gasteiger partial charge in [0.1, 0.15) is 0 Å². The Morgan fingerprint density at radius 2 is 1.75 bits per heavy atom. The van der Waals surface area contributed by atoms with E-state index in [0.717, 1.165) is 0 Å². The molecule has 58 valence electrons. The molecule has 0 bridgehead atoms. The van der Waals surface area contributed by atoms with Crippen molar-refractivity contribution in [2.24, 2.45) is 0 Å². The van der Waals surface area contributed by atoms with Crippen LogP contribution >= 0.6 is 0 Å². The van der Waals surface area contributed by atoms with Crippen molar-refractivity contribution in [1.82, 2.24) is 0 Å². The van der Waals surface area contributed by atoms with E-state index in [-0.39, 0.29) is 78.6 Å². The minimum atomic E-state index is -1.23. The minimum absolute atomic E-state index is 0. The fourth-order valence-corrected chi connectivity index (χ4v) is 0.437. The number of carboxylic acid groups (broad SMARTS) is 1. The average Bonchev–Trinajstić information content (AvgIpc) is 1.85. The molecule has 0 fully saturated rings. The smallest absolute Gasteiger partial charge is 0.550 e. The third-order valence-corrected chi connectivity index (χ3v) is 0.839. The number of carboxylic acids is 1. The summed E-state index contributed by atoms with van der Waals surface area (Å²) in [7, 11) is 0. The van der Waals surface area contributed by atoms with Gasteiger partial charge in [-0.1, -0.05) is 0 Å². The Balaban J connectivity index is -0.000000405. The van der Waals surface area contributed by atoms with Crippen molar-refractivity contribution >= 4 is 11.9 Å². The molecule has 0 saturated carbocycles. The summed E-state index contributed by atoms with van der Waals surface area (Å²) in [6.45, 7) is 1.95. The zero-order chi connectivity index (χ0) is 7.98. The molecule has 12 heavy (non-hydrogen) atoms. The van der Waals surface area contributed by atoms with Crippen LogP contribution < -0.4 is 64.2 Å². The normalized spacial score (nSPS) is 7.42. The SMILES string of the molecule is CCOC(=O)CCC(=O)[O-].[Na+].[Na+]. The Morgan fingerprint density at radius 3 is 2.08 bits per heavy atom. The Hall–Kier alpha value is 0.940. The summed E-state index contributed by atoms with van der Waals surface area (Å²) in [5, 5.41) is 9.79. The van der Waals surface area contributed by atoms with Gasteiger partial charge in [-0.3, -0.25) is 4.79 Å². The van der Waals surface area contributed by atoms with Gasteiger partial charge in [-0.15, -0.1) is 0 Å². The predicted molar refractivity (Wildman–Crippen MR) is 30.9 cm³/mol. The first-order chi connectivity index (χ1) is 4.66. The largest absolute Gasteiger partial charge is 1.00 e. The molecule has 4 nitrogen and oxygen atoms in total. The molecule has 0 spiro atoms. The van der Waals surface area contributed by atoms with Crippen molar-refractivity contribution < 1.29 is 78.5 Å². The van der Waals surface area contributed by atoms with E-state index in [9.17, 15) is 14.7 Å². The van der Waals surface area contributed by atoms with Crippen molar-refractivity contribution in [1.29, 1.82) is 0 Å². The van der Waals surface area contributed by atoms with Gasteiger partial charge >= 0.3 is 65.1 Å². The van der Waals surface area contributed by atoms with Crippen LogP contribution in [0.5, 0.6) is 0 Å². The van der Waals surface area contributed by atoms with Crippen molar-refractivity contribution in [2.45, 2.75) is 19.8 Å². The summed E-state index contributed by atoms with van der Waals surface area (Å²) in [5.74, 6) is -1.72. The molecule has 0 aliphatic rings. The summed E-state index contributed by atoms with van der Waals surface area (Å²) in [6.07, 6.45) is -0.366. The summed E-state index contributed by atoms with van der Waals surface area (Å²) >= 11 is 0. The summed E-state index contributed by atoms with van der Waals surface area (Å²) in [5.41, 5.74) is 0. The van der Waals surface area contributed by atoms with Gasteiger partial charge in [-0.2, -0.15) is 0 Å². The Labute approximate surface area is 116 Å². The number of hydrogen-bond donors (Lipinski definition) is 0. The maximum absolute atomic E-state index is 10.4. The molecule has 0 rings (SSSR count). The van der Waals surface area contributed by atoms with E-state index in [1.165, 1.54) is 0 Å². The van der Waals surface area contributed by atoms with Crippen LogP contribution in [-0.4, -0.2) is 18.5 Å². The van der Waals surface area contributed by atoms with E-state index in [0.29, 0.717) is 0 Å². The van der Waals surface area contributed by atoms with Gasteiger partial charge in [-0.25, -0.2) is 0 Å². The fourth-order valence-electron chi connectivity index (χ4n) is 0.437. The van der Waals surface area contributed by atoms with Crippen molar-refractivity contribution in [3.05, 3.63) is 0 Å². The molecule has 0 heterocycles. The Kier molecular flexibility index (Phi) is 18.6. The Morgan fingerprint density at radius 1 is 1.25 bits per heavy atom. The molecule has 0 saturated heterocycles.